The van der Waals surface area contributed by atoms with Gasteiger partial charge in [-0.2, -0.15) is 0 Å². The Kier molecular flexibility index (Phi) is 4.70. The van der Waals surface area contributed by atoms with Crippen molar-refractivity contribution in [2.45, 2.75) is 0 Å². The highest BCUT2D eigenvalue weighted by Crippen LogP contribution is 2.42. The molecular weight excluding hydrogens is 353 g/mol. The predicted molar refractivity (Wildman–Crippen MR) is 109 cm³/mol. The van der Waals surface area contributed by atoms with Crippen molar-refractivity contribution >= 4 is 10.9 Å². The van der Waals surface area contributed by atoms with E-state index in [9.17, 15) is 4.39 Å². The number of ether oxygens (including phenoxy) is 2. The van der Waals surface area contributed by atoms with E-state index in [0.29, 0.717) is 11.5 Å². The van der Waals surface area contributed by atoms with Crippen LogP contribution < -0.4 is 14.0 Å². The van der Waals surface area contributed by atoms with Crippen molar-refractivity contribution in [3.05, 3.63) is 78.7 Å². The number of pyridine rings is 1. The van der Waals surface area contributed by atoms with Crippen molar-refractivity contribution in [2.75, 3.05) is 14.2 Å². The number of fused-ring (bicyclic) bond motifs is 1. The van der Waals surface area contributed by atoms with Gasteiger partial charge < -0.3 is 9.47 Å². The maximum atomic E-state index is 13.4. The van der Waals surface area contributed by atoms with Gasteiger partial charge in [0.2, 0.25) is 5.52 Å². The maximum Gasteiger partial charge on any atom is 0.212 e. The number of halogens is 1. The van der Waals surface area contributed by atoms with E-state index in [4.69, 9.17) is 9.47 Å². The molecule has 0 atom stereocenters. The lowest BCUT2D eigenvalue weighted by atomic mass is 9.97. The van der Waals surface area contributed by atoms with Gasteiger partial charge in [-0.1, -0.05) is 24.3 Å². The molecule has 4 aromatic rings. The van der Waals surface area contributed by atoms with Gasteiger partial charge in [0.25, 0.3) is 0 Å². The first-order valence-corrected chi connectivity index (χ1v) is 9.01. The Morgan fingerprint density at radius 1 is 0.786 bits per heavy atom. The Bertz CT molecular complexity index is 1150. The van der Waals surface area contributed by atoms with Gasteiger partial charge >= 0.3 is 0 Å². The fourth-order valence-electron chi connectivity index (χ4n) is 3.55. The highest BCUT2D eigenvalue weighted by atomic mass is 19.1. The van der Waals surface area contributed by atoms with Crippen molar-refractivity contribution in [2.24, 2.45) is 7.05 Å². The Morgan fingerprint density at radius 2 is 1.54 bits per heavy atom. The summed E-state index contributed by atoms with van der Waals surface area (Å²) in [6.07, 6.45) is 2.10. The van der Waals surface area contributed by atoms with Crippen molar-refractivity contribution in [1.29, 1.82) is 0 Å². The van der Waals surface area contributed by atoms with E-state index in [1.54, 1.807) is 26.4 Å². The van der Waals surface area contributed by atoms with E-state index >= 15 is 0 Å². The van der Waals surface area contributed by atoms with Gasteiger partial charge in [0, 0.05) is 22.6 Å². The van der Waals surface area contributed by atoms with Gasteiger partial charge in [-0.15, -0.1) is 0 Å². The second-order valence-electron chi connectivity index (χ2n) is 6.66. The zero-order chi connectivity index (χ0) is 19.7. The van der Waals surface area contributed by atoms with Crippen molar-refractivity contribution < 1.29 is 18.4 Å². The van der Waals surface area contributed by atoms with Gasteiger partial charge in [0.1, 0.15) is 12.9 Å². The molecule has 28 heavy (non-hydrogen) atoms. The summed E-state index contributed by atoms with van der Waals surface area (Å²) in [5, 5.41) is 1.15. The third kappa shape index (κ3) is 3.18. The van der Waals surface area contributed by atoms with E-state index < -0.39 is 0 Å². The SMILES string of the molecule is COc1cc(-c2cc3ccccc3[n+](C)c2)cc(-c2ccc(F)cc2)c1OC. The average Bonchev–Trinajstić information content (AvgIpc) is 2.73. The fourth-order valence-corrected chi connectivity index (χ4v) is 3.55. The van der Waals surface area contributed by atoms with E-state index in [1.807, 2.05) is 25.2 Å². The summed E-state index contributed by atoms with van der Waals surface area (Å²) >= 11 is 0. The summed E-state index contributed by atoms with van der Waals surface area (Å²) in [7, 11) is 5.27. The topological polar surface area (TPSA) is 22.3 Å². The lowest BCUT2D eigenvalue weighted by Gasteiger charge is -2.15. The number of methoxy groups -OCH3 is 2. The lowest BCUT2D eigenvalue weighted by Crippen LogP contribution is -2.28. The predicted octanol–water partition coefficient (Wildman–Crippen LogP) is 5.15. The molecule has 140 valence electrons. The van der Waals surface area contributed by atoms with Crippen molar-refractivity contribution in [3.63, 3.8) is 0 Å². The number of rotatable bonds is 4. The first-order valence-electron chi connectivity index (χ1n) is 9.01. The number of benzene rings is 3. The minimum Gasteiger partial charge on any atom is -0.493 e. The van der Waals surface area contributed by atoms with Crippen LogP contribution in [0.3, 0.4) is 0 Å². The summed E-state index contributed by atoms with van der Waals surface area (Å²) in [5.74, 6) is 0.991. The van der Waals surface area contributed by atoms with Crippen LogP contribution in [0.2, 0.25) is 0 Å². The smallest absolute Gasteiger partial charge is 0.212 e. The van der Waals surface area contributed by atoms with E-state index in [2.05, 4.69) is 35.0 Å². The van der Waals surface area contributed by atoms with Crippen LogP contribution in [0.4, 0.5) is 4.39 Å². The van der Waals surface area contributed by atoms with Crippen LogP contribution in [0.5, 0.6) is 11.5 Å². The molecule has 4 heteroatoms. The van der Waals surface area contributed by atoms with Gasteiger partial charge in [0.05, 0.1) is 14.2 Å². The minimum atomic E-state index is -0.271. The van der Waals surface area contributed by atoms with E-state index in [-0.39, 0.29) is 5.82 Å². The molecule has 0 spiro atoms. The van der Waals surface area contributed by atoms with Crippen LogP contribution in [-0.4, -0.2) is 14.2 Å². The summed E-state index contributed by atoms with van der Waals surface area (Å²) in [6, 6.07) is 20.8. The molecule has 3 aromatic carbocycles. The second-order valence-corrected chi connectivity index (χ2v) is 6.66. The molecule has 0 unspecified atom stereocenters. The summed E-state index contributed by atoms with van der Waals surface area (Å²) in [4.78, 5) is 0. The zero-order valence-electron chi connectivity index (χ0n) is 16.1. The summed E-state index contributed by atoms with van der Waals surface area (Å²) in [6.45, 7) is 0. The van der Waals surface area contributed by atoms with Crippen LogP contribution >= 0.6 is 0 Å². The van der Waals surface area contributed by atoms with Crippen LogP contribution in [0.1, 0.15) is 0 Å². The van der Waals surface area contributed by atoms with Gasteiger partial charge in [-0.05, 0) is 47.5 Å². The number of para-hydroxylation sites is 1. The molecule has 1 heterocycles. The van der Waals surface area contributed by atoms with Crippen LogP contribution in [0, 0.1) is 5.82 Å². The molecule has 0 radical (unpaired) electrons. The normalized spacial score (nSPS) is 10.9. The van der Waals surface area contributed by atoms with Gasteiger partial charge in [0.15, 0.2) is 17.7 Å². The molecule has 0 aliphatic heterocycles. The van der Waals surface area contributed by atoms with Crippen molar-refractivity contribution in [1.82, 2.24) is 0 Å². The van der Waals surface area contributed by atoms with Crippen LogP contribution in [0.15, 0.2) is 72.9 Å². The monoisotopic (exact) mass is 374 g/mol. The largest absolute Gasteiger partial charge is 0.493 e. The van der Waals surface area contributed by atoms with Crippen LogP contribution in [0.25, 0.3) is 33.2 Å². The Balaban J connectivity index is 1.95. The molecule has 0 aliphatic rings. The van der Waals surface area contributed by atoms with E-state index in [1.165, 1.54) is 12.1 Å². The quantitative estimate of drug-likeness (QED) is 0.461. The number of aromatic nitrogens is 1. The molecule has 3 nitrogen and oxygen atoms in total. The first-order chi connectivity index (χ1) is 13.6. The average molecular weight is 374 g/mol. The molecule has 0 aliphatic carbocycles. The fraction of sp³-hybridized carbons (Fsp3) is 0.125. The first kappa shape index (κ1) is 18.0. The molecule has 0 fully saturated rings. The lowest BCUT2D eigenvalue weighted by molar-refractivity contribution is -0.644. The minimum absolute atomic E-state index is 0.271. The highest BCUT2D eigenvalue weighted by molar-refractivity contribution is 5.85. The summed E-state index contributed by atoms with van der Waals surface area (Å²) < 4.78 is 26.7. The number of hydrogen-bond donors (Lipinski definition) is 0. The second kappa shape index (κ2) is 7.31. The standard InChI is InChI=1S/C24H21FNO2/c1-26-15-19(12-17-6-4-5-7-22(17)26)18-13-21(16-8-10-20(25)11-9-16)24(28-3)23(14-18)27-2/h4-15H,1-3H3/q+1. The molecule has 0 saturated heterocycles. The molecular formula is C24H21FNO2+. The van der Waals surface area contributed by atoms with Crippen LogP contribution in [-0.2, 0) is 7.05 Å². The van der Waals surface area contributed by atoms with Gasteiger partial charge in [-0.25, -0.2) is 8.96 Å². The summed E-state index contributed by atoms with van der Waals surface area (Å²) in [5.41, 5.74) is 4.94. The highest BCUT2D eigenvalue weighted by Gasteiger charge is 2.17. The maximum absolute atomic E-state index is 13.4. The molecule has 0 bridgehead atoms. The molecule has 0 saturated carbocycles. The third-order valence-corrected chi connectivity index (χ3v) is 4.93. The molecule has 0 N–H and O–H groups in total. The number of nitrogens with zero attached hydrogens (tertiary/aromatic N) is 1. The number of aryl methyl sites for hydroxylation is 1. The van der Waals surface area contributed by atoms with Gasteiger partial charge in [-0.3, -0.25) is 0 Å². The van der Waals surface area contributed by atoms with Crippen molar-refractivity contribution in [3.8, 4) is 33.8 Å². The zero-order valence-corrected chi connectivity index (χ0v) is 16.1. The Labute approximate surface area is 163 Å². The molecule has 0 amide bonds. The number of hydrogen-bond acceptors (Lipinski definition) is 2. The van der Waals surface area contributed by atoms with E-state index in [0.717, 1.165) is 33.2 Å². The third-order valence-electron chi connectivity index (χ3n) is 4.93. The molecule has 1 aromatic heterocycles. The Morgan fingerprint density at radius 3 is 2.25 bits per heavy atom. The molecule has 4 rings (SSSR count). The Hall–Kier alpha value is -3.40.